The van der Waals surface area contributed by atoms with Crippen LogP contribution in [0.25, 0.3) is 0 Å². The van der Waals surface area contributed by atoms with Gasteiger partial charge in [-0.15, -0.1) is 0 Å². The summed E-state index contributed by atoms with van der Waals surface area (Å²) in [5, 5.41) is 17.1. The standard InChI is InChI=1S/C14H18O8/c1-4-10(22-14(20)9(3)6-12(17)18)7-21-13(19)8(2)5-11(15)16/h10H,2-7H2,1H3,(H,15,16)(H,17,18). The highest BCUT2D eigenvalue weighted by molar-refractivity contribution is 5.93. The molecule has 1 atom stereocenters. The van der Waals surface area contributed by atoms with E-state index >= 15 is 0 Å². The predicted molar refractivity (Wildman–Crippen MR) is 73.9 cm³/mol. The second-order valence-corrected chi connectivity index (χ2v) is 4.38. The number of carbonyl (C=O) groups excluding carboxylic acids is 2. The highest BCUT2D eigenvalue weighted by atomic mass is 16.6. The van der Waals surface area contributed by atoms with Crippen LogP contribution in [0.3, 0.4) is 0 Å². The molecule has 0 fully saturated rings. The lowest BCUT2D eigenvalue weighted by Gasteiger charge is -2.17. The lowest BCUT2D eigenvalue weighted by molar-refractivity contribution is -0.155. The van der Waals surface area contributed by atoms with Gasteiger partial charge in [0.2, 0.25) is 0 Å². The van der Waals surface area contributed by atoms with Crippen molar-refractivity contribution in [1.29, 1.82) is 0 Å². The lowest BCUT2D eigenvalue weighted by atomic mass is 10.2. The molecule has 122 valence electrons. The van der Waals surface area contributed by atoms with Crippen molar-refractivity contribution in [2.24, 2.45) is 0 Å². The van der Waals surface area contributed by atoms with Gasteiger partial charge < -0.3 is 19.7 Å². The van der Waals surface area contributed by atoms with E-state index in [1.165, 1.54) is 0 Å². The summed E-state index contributed by atoms with van der Waals surface area (Å²) in [4.78, 5) is 43.9. The first kappa shape index (κ1) is 19.4. The van der Waals surface area contributed by atoms with Crippen LogP contribution < -0.4 is 0 Å². The predicted octanol–water partition coefficient (Wildman–Crippen LogP) is 0.913. The quantitative estimate of drug-likeness (QED) is 0.450. The maximum atomic E-state index is 11.6. The summed E-state index contributed by atoms with van der Waals surface area (Å²) in [6, 6.07) is 0. The van der Waals surface area contributed by atoms with Gasteiger partial charge in [0.25, 0.3) is 0 Å². The second kappa shape index (κ2) is 9.32. The topological polar surface area (TPSA) is 127 Å². The number of rotatable bonds is 10. The zero-order valence-corrected chi connectivity index (χ0v) is 12.2. The molecule has 1 unspecified atom stereocenters. The molecule has 0 aromatic carbocycles. The number of hydrogen-bond donors (Lipinski definition) is 2. The number of carboxylic acid groups (broad SMARTS) is 2. The summed E-state index contributed by atoms with van der Waals surface area (Å²) in [5.74, 6) is -4.23. The Labute approximate surface area is 127 Å². The number of carbonyl (C=O) groups is 4. The summed E-state index contributed by atoms with van der Waals surface area (Å²) >= 11 is 0. The molecular weight excluding hydrogens is 296 g/mol. The third kappa shape index (κ3) is 7.83. The largest absolute Gasteiger partial charge is 0.481 e. The van der Waals surface area contributed by atoms with Gasteiger partial charge in [0.05, 0.1) is 12.8 Å². The maximum Gasteiger partial charge on any atom is 0.334 e. The van der Waals surface area contributed by atoms with E-state index in [4.69, 9.17) is 19.7 Å². The van der Waals surface area contributed by atoms with Crippen LogP contribution in [0, 0.1) is 0 Å². The minimum atomic E-state index is -1.22. The fraction of sp³-hybridized carbons (Fsp3) is 0.429. The molecule has 0 aromatic heterocycles. The summed E-state index contributed by atoms with van der Waals surface area (Å²) in [6.07, 6.45) is -1.58. The third-order valence-electron chi connectivity index (χ3n) is 2.44. The summed E-state index contributed by atoms with van der Waals surface area (Å²) < 4.78 is 9.74. The van der Waals surface area contributed by atoms with Crippen molar-refractivity contribution in [1.82, 2.24) is 0 Å². The molecule has 0 aromatic rings. The van der Waals surface area contributed by atoms with Gasteiger partial charge in [-0.2, -0.15) is 0 Å². The first-order valence-corrected chi connectivity index (χ1v) is 6.34. The molecule has 0 aliphatic carbocycles. The molecule has 0 amide bonds. The number of ether oxygens (including phenoxy) is 2. The molecule has 8 heteroatoms. The highest BCUT2D eigenvalue weighted by Crippen LogP contribution is 2.08. The smallest absolute Gasteiger partial charge is 0.334 e. The minimum Gasteiger partial charge on any atom is -0.481 e. The Morgan fingerprint density at radius 1 is 0.955 bits per heavy atom. The zero-order valence-electron chi connectivity index (χ0n) is 12.2. The summed E-state index contributed by atoms with van der Waals surface area (Å²) in [6.45, 7) is 7.95. The van der Waals surface area contributed by atoms with Crippen LogP contribution in [0.5, 0.6) is 0 Å². The van der Waals surface area contributed by atoms with Crippen molar-refractivity contribution < 1.29 is 38.9 Å². The van der Waals surface area contributed by atoms with Crippen LogP contribution in [0.4, 0.5) is 0 Å². The molecular formula is C14H18O8. The monoisotopic (exact) mass is 314 g/mol. The van der Waals surface area contributed by atoms with E-state index in [1.54, 1.807) is 6.92 Å². The Morgan fingerprint density at radius 2 is 1.41 bits per heavy atom. The van der Waals surface area contributed by atoms with Crippen molar-refractivity contribution in [3.63, 3.8) is 0 Å². The Balaban J connectivity index is 4.38. The lowest BCUT2D eigenvalue weighted by Crippen LogP contribution is -2.26. The summed E-state index contributed by atoms with van der Waals surface area (Å²) in [7, 11) is 0. The van der Waals surface area contributed by atoms with Crippen molar-refractivity contribution in [2.75, 3.05) is 6.61 Å². The Morgan fingerprint density at radius 3 is 1.82 bits per heavy atom. The number of hydrogen-bond acceptors (Lipinski definition) is 6. The fourth-order valence-electron chi connectivity index (χ4n) is 1.25. The first-order chi connectivity index (χ1) is 10.2. The average molecular weight is 314 g/mol. The first-order valence-electron chi connectivity index (χ1n) is 6.34. The Bertz CT molecular complexity index is 491. The van der Waals surface area contributed by atoms with Gasteiger partial charge in [-0.1, -0.05) is 20.1 Å². The molecule has 0 heterocycles. The molecule has 0 aliphatic heterocycles. The highest BCUT2D eigenvalue weighted by Gasteiger charge is 2.20. The molecule has 0 saturated carbocycles. The van der Waals surface area contributed by atoms with Crippen LogP contribution in [0.1, 0.15) is 26.2 Å². The van der Waals surface area contributed by atoms with Crippen molar-refractivity contribution >= 4 is 23.9 Å². The average Bonchev–Trinajstić information content (AvgIpc) is 2.40. The van der Waals surface area contributed by atoms with Crippen LogP contribution in [0.15, 0.2) is 24.3 Å². The molecule has 0 rings (SSSR count). The Hall–Kier alpha value is -2.64. The van der Waals surface area contributed by atoms with E-state index in [2.05, 4.69) is 13.2 Å². The van der Waals surface area contributed by atoms with Crippen LogP contribution in [-0.2, 0) is 28.7 Å². The number of carboxylic acids is 2. The normalized spacial score (nSPS) is 11.1. The van der Waals surface area contributed by atoms with Gasteiger partial charge in [-0.3, -0.25) is 9.59 Å². The van der Waals surface area contributed by atoms with Gasteiger partial charge in [-0.05, 0) is 6.42 Å². The van der Waals surface area contributed by atoms with E-state index in [9.17, 15) is 19.2 Å². The van der Waals surface area contributed by atoms with Gasteiger partial charge in [-0.25, -0.2) is 9.59 Å². The van der Waals surface area contributed by atoms with Gasteiger partial charge in [0.15, 0.2) is 0 Å². The summed E-state index contributed by atoms with van der Waals surface area (Å²) in [5.41, 5.74) is -0.462. The van der Waals surface area contributed by atoms with E-state index < -0.39 is 42.8 Å². The molecule has 0 spiro atoms. The van der Waals surface area contributed by atoms with Crippen molar-refractivity contribution in [3.05, 3.63) is 24.3 Å². The van der Waals surface area contributed by atoms with Crippen molar-refractivity contribution in [3.8, 4) is 0 Å². The molecule has 0 saturated heterocycles. The fourth-order valence-corrected chi connectivity index (χ4v) is 1.25. The van der Waals surface area contributed by atoms with E-state index in [-0.39, 0.29) is 17.8 Å². The van der Waals surface area contributed by atoms with Gasteiger partial charge >= 0.3 is 23.9 Å². The van der Waals surface area contributed by atoms with E-state index in [1.807, 2.05) is 0 Å². The number of esters is 2. The van der Waals surface area contributed by atoms with E-state index in [0.717, 1.165) is 0 Å². The minimum absolute atomic E-state index is 0.229. The molecule has 2 N–H and O–H groups in total. The molecule has 22 heavy (non-hydrogen) atoms. The Kier molecular flexibility index (Phi) is 8.21. The molecule has 0 bridgehead atoms. The maximum absolute atomic E-state index is 11.6. The second-order valence-electron chi connectivity index (χ2n) is 4.38. The van der Waals surface area contributed by atoms with Gasteiger partial charge in [0, 0.05) is 11.1 Å². The van der Waals surface area contributed by atoms with Crippen molar-refractivity contribution in [2.45, 2.75) is 32.3 Å². The molecule has 8 nitrogen and oxygen atoms in total. The van der Waals surface area contributed by atoms with Gasteiger partial charge in [0.1, 0.15) is 12.7 Å². The SMILES string of the molecule is C=C(CC(=O)O)C(=O)OCC(CC)OC(=O)C(=C)CC(=O)O. The molecule has 0 aliphatic rings. The van der Waals surface area contributed by atoms with Crippen LogP contribution in [-0.4, -0.2) is 46.8 Å². The third-order valence-corrected chi connectivity index (χ3v) is 2.44. The van der Waals surface area contributed by atoms with Crippen LogP contribution in [0.2, 0.25) is 0 Å². The zero-order chi connectivity index (χ0) is 17.3. The van der Waals surface area contributed by atoms with E-state index in [0.29, 0.717) is 6.42 Å². The van der Waals surface area contributed by atoms with Crippen LogP contribution >= 0.6 is 0 Å². The number of aliphatic carboxylic acids is 2. The molecule has 0 radical (unpaired) electrons.